The number of rotatable bonds is 6. The molecule has 0 spiro atoms. The van der Waals surface area contributed by atoms with Gasteiger partial charge in [0.05, 0.1) is 0 Å². The molecule has 0 aromatic heterocycles. The number of fused-ring (bicyclic) bond motifs is 3. The van der Waals surface area contributed by atoms with Crippen molar-refractivity contribution in [1.82, 2.24) is 0 Å². The Hall–Kier alpha value is -7.02. The lowest BCUT2D eigenvalue weighted by Gasteiger charge is -2.18. The first-order valence-electron chi connectivity index (χ1n) is 18.7. The highest BCUT2D eigenvalue weighted by atomic mass is 14.2. The van der Waals surface area contributed by atoms with E-state index in [-0.39, 0.29) is 0 Å². The monoisotopic (exact) mass is 684 g/mol. The zero-order chi connectivity index (χ0) is 35.8. The highest BCUT2D eigenvalue weighted by Gasteiger charge is 2.17. The molecule has 0 fully saturated rings. The van der Waals surface area contributed by atoms with Crippen LogP contribution >= 0.6 is 0 Å². The Balaban J connectivity index is 1.11. The Morgan fingerprint density at radius 1 is 0.167 bits per heavy atom. The first-order valence-corrected chi connectivity index (χ1v) is 18.7. The topological polar surface area (TPSA) is 0 Å². The fraction of sp³-hybridized carbons (Fsp3) is 0. The minimum Gasteiger partial charge on any atom is -0.0622 e. The molecule has 0 aliphatic carbocycles. The lowest BCUT2D eigenvalue weighted by molar-refractivity contribution is 1.56. The van der Waals surface area contributed by atoms with Crippen LogP contribution < -0.4 is 0 Å². The van der Waals surface area contributed by atoms with Gasteiger partial charge < -0.3 is 0 Å². The van der Waals surface area contributed by atoms with Crippen LogP contribution in [0.1, 0.15) is 0 Å². The summed E-state index contributed by atoms with van der Waals surface area (Å²) in [5, 5.41) is 7.56. The molecule has 0 atom stereocenters. The average Bonchev–Trinajstić information content (AvgIpc) is 3.26. The minimum atomic E-state index is 1.20. The molecule has 10 aromatic rings. The van der Waals surface area contributed by atoms with E-state index >= 15 is 0 Å². The second-order valence-corrected chi connectivity index (χ2v) is 14.1. The van der Waals surface area contributed by atoms with E-state index in [9.17, 15) is 0 Å². The molecule has 0 saturated carbocycles. The minimum absolute atomic E-state index is 1.20. The maximum atomic E-state index is 2.37. The van der Waals surface area contributed by atoms with Gasteiger partial charge in [0, 0.05) is 0 Å². The Morgan fingerprint density at radius 2 is 0.500 bits per heavy atom. The smallest absolute Gasteiger partial charge is 0.00262 e. The summed E-state index contributed by atoms with van der Waals surface area (Å²) in [6, 6.07) is 79.8. The summed E-state index contributed by atoms with van der Waals surface area (Å²) >= 11 is 0. The van der Waals surface area contributed by atoms with Crippen molar-refractivity contribution >= 4 is 32.3 Å². The maximum absolute atomic E-state index is 2.37. The van der Waals surface area contributed by atoms with Gasteiger partial charge in [-0.15, -0.1) is 0 Å². The van der Waals surface area contributed by atoms with Crippen molar-refractivity contribution in [3.05, 3.63) is 218 Å². The summed E-state index contributed by atoms with van der Waals surface area (Å²) in [5.74, 6) is 0. The van der Waals surface area contributed by atoms with Crippen LogP contribution in [0, 0.1) is 0 Å². The normalized spacial score (nSPS) is 11.3. The summed E-state index contributed by atoms with van der Waals surface area (Å²) in [4.78, 5) is 0. The van der Waals surface area contributed by atoms with E-state index in [4.69, 9.17) is 0 Å². The molecule has 0 heterocycles. The molecule has 0 bridgehead atoms. The summed E-state index contributed by atoms with van der Waals surface area (Å²) in [6.45, 7) is 0. The van der Waals surface area contributed by atoms with Crippen LogP contribution in [0.4, 0.5) is 0 Å². The van der Waals surface area contributed by atoms with Crippen molar-refractivity contribution in [3.63, 3.8) is 0 Å². The third-order valence-electron chi connectivity index (χ3n) is 10.8. The van der Waals surface area contributed by atoms with Gasteiger partial charge in [-0.2, -0.15) is 0 Å². The lowest BCUT2D eigenvalue weighted by atomic mass is 9.85. The van der Waals surface area contributed by atoms with Gasteiger partial charge in [-0.05, 0) is 135 Å². The van der Waals surface area contributed by atoms with Crippen LogP contribution in [0.25, 0.3) is 99.1 Å². The van der Waals surface area contributed by atoms with Gasteiger partial charge >= 0.3 is 0 Å². The Kier molecular flexibility index (Phi) is 7.93. The van der Waals surface area contributed by atoms with Gasteiger partial charge in [0.1, 0.15) is 0 Å². The van der Waals surface area contributed by atoms with Crippen LogP contribution in [0.2, 0.25) is 0 Å². The van der Waals surface area contributed by atoms with Crippen LogP contribution in [-0.4, -0.2) is 0 Å². The lowest BCUT2D eigenvalue weighted by Crippen LogP contribution is -1.91. The fourth-order valence-electron chi connectivity index (χ4n) is 8.22. The molecule has 54 heavy (non-hydrogen) atoms. The highest BCUT2D eigenvalue weighted by Crippen LogP contribution is 2.45. The third-order valence-corrected chi connectivity index (χ3v) is 10.8. The van der Waals surface area contributed by atoms with E-state index in [0.717, 1.165) is 0 Å². The van der Waals surface area contributed by atoms with Gasteiger partial charge in [0.15, 0.2) is 0 Å². The van der Waals surface area contributed by atoms with Crippen LogP contribution in [0.5, 0.6) is 0 Å². The molecular weight excluding hydrogens is 649 g/mol. The summed E-state index contributed by atoms with van der Waals surface area (Å²) in [5.41, 5.74) is 14.7. The summed E-state index contributed by atoms with van der Waals surface area (Å²) in [7, 11) is 0. The molecule has 0 nitrogen and oxygen atoms in total. The zero-order valence-electron chi connectivity index (χ0n) is 29.8. The van der Waals surface area contributed by atoms with Gasteiger partial charge in [-0.25, -0.2) is 0 Å². The van der Waals surface area contributed by atoms with Crippen molar-refractivity contribution < 1.29 is 0 Å². The molecule has 0 unspecified atom stereocenters. The second-order valence-electron chi connectivity index (χ2n) is 14.1. The standard InChI is InChI=1S/C54H36/c1-3-15-37(16-4-1)46-34-47(38-17-5-2-6-18-38)36-48(35-46)43-23-13-21-41(31-43)42-22-14-24-44(33-42)53-49-25-9-11-27-51(49)54(52-28-12-10-26-50(52)53)45-30-29-39-19-7-8-20-40(39)32-45/h1-36H. The van der Waals surface area contributed by atoms with Crippen molar-refractivity contribution in [3.8, 4) is 66.8 Å². The quantitative estimate of drug-likeness (QED) is 0.153. The van der Waals surface area contributed by atoms with E-state index in [2.05, 4.69) is 218 Å². The van der Waals surface area contributed by atoms with Crippen LogP contribution in [-0.2, 0) is 0 Å². The molecule has 252 valence electrons. The van der Waals surface area contributed by atoms with Crippen molar-refractivity contribution in [2.75, 3.05) is 0 Å². The van der Waals surface area contributed by atoms with Gasteiger partial charge in [0.25, 0.3) is 0 Å². The summed E-state index contributed by atoms with van der Waals surface area (Å²) < 4.78 is 0. The second kappa shape index (κ2) is 13.5. The zero-order valence-corrected chi connectivity index (χ0v) is 29.8. The van der Waals surface area contributed by atoms with Crippen molar-refractivity contribution in [2.24, 2.45) is 0 Å². The predicted molar refractivity (Wildman–Crippen MR) is 232 cm³/mol. The molecule has 0 radical (unpaired) electrons. The van der Waals surface area contributed by atoms with E-state index in [1.807, 2.05) is 0 Å². The molecular formula is C54H36. The Bertz CT molecular complexity index is 2860. The molecule has 0 aliphatic rings. The molecule has 0 N–H and O–H groups in total. The first-order chi connectivity index (χ1) is 26.8. The van der Waals surface area contributed by atoms with E-state index in [0.29, 0.717) is 0 Å². The average molecular weight is 685 g/mol. The molecule has 0 aliphatic heterocycles. The van der Waals surface area contributed by atoms with Crippen LogP contribution in [0.15, 0.2) is 218 Å². The van der Waals surface area contributed by atoms with Gasteiger partial charge in [-0.3, -0.25) is 0 Å². The first kappa shape index (κ1) is 31.7. The molecule has 10 rings (SSSR count). The fourth-order valence-corrected chi connectivity index (χ4v) is 8.22. The largest absolute Gasteiger partial charge is 0.0622 e. The van der Waals surface area contributed by atoms with Crippen molar-refractivity contribution in [1.29, 1.82) is 0 Å². The number of hydrogen-bond donors (Lipinski definition) is 0. The van der Waals surface area contributed by atoms with E-state index in [1.165, 1.54) is 99.1 Å². The van der Waals surface area contributed by atoms with E-state index in [1.54, 1.807) is 0 Å². The van der Waals surface area contributed by atoms with Crippen LogP contribution in [0.3, 0.4) is 0 Å². The molecule has 10 aromatic carbocycles. The third kappa shape index (κ3) is 5.75. The Labute approximate surface area is 316 Å². The predicted octanol–water partition coefficient (Wildman–Crippen LogP) is 15.1. The van der Waals surface area contributed by atoms with Gasteiger partial charge in [-0.1, -0.05) is 182 Å². The maximum Gasteiger partial charge on any atom is -0.00262 e. The summed E-state index contributed by atoms with van der Waals surface area (Å²) in [6.07, 6.45) is 0. The molecule has 0 amide bonds. The highest BCUT2D eigenvalue weighted by molar-refractivity contribution is 6.21. The molecule has 0 saturated heterocycles. The van der Waals surface area contributed by atoms with Gasteiger partial charge in [0.2, 0.25) is 0 Å². The SMILES string of the molecule is c1ccc(-c2cc(-c3ccccc3)cc(-c3cccc(-c4cccc(-c5c6ccccc6c(-c6ccc7ccccc7c6)c6ccccc56)c4)c3)c2)cc1. The Morgan fingerprint density at radius 3 is 1.02 bits per heavy atom. The number of benzene rings is 10. The van der Waals surface area contributed by atoms with Crippen molar-refractivity contribution in [2.45, 2.75) is 0 Å². The number of hydrogen-bond acceptors (Lipinski definition) is 0. The molecule has 0 heteroatoms. The van der Waals surface area contributed by atoms with E-state index < -0.39 is 0 Å².